The number of aryl methyl sites for hydroxylation is 1. The van der Waals surface area contributed by atoms with Crippen LogP contribution in [0.15, 0.2) is 54.7 Å². The van der Waals surface area contributed by atoms with E-state index in [4.69, 9.17) is 14.2 Å². The molecule has 3 aromatic heterocycles. The summed E-state index contributed by atoms with van der Waals surface area (Å²) in [6.45, 7) is 6.26. The number of para-hydroxylation sites is 1. The van der Waals surface area contributed by atoms with Crippen LogP contribution in [-0.4, -0.2) is 59.6 Å². The first-order valence-electron chi connectivity index (χ1n) is 15.0. The molecule has 2 aromatic carbocycles. The van der Waals surface area contributed by atoms with Crippen LogP contribution >= 0.6 is 0 Å². The van der Waals surface area contributed by atoms with Gasteiger partial charge in [-0.2, -0.15) is 10.2 Å². The Labute approximate surface area is 254 Å². The zero-order chi connectivity index (χ0) is 30.6. The number of aromatic nitrogens is 7. The number of nitrogens with zero attached hydrogens (tertiary/aromatic N) is 6. The van der Waals surface area contributed by atoms with Gasteiger partial charge in [-0.25, -0.2) is 4.79 Å². The molecule has 6 rings (SSSR count). The number of hydrogen-bond donors (Lipinski definition) is 1. The van der Waals surface area contributed by atoms with Crippen LogP contribution in [0.2, 0.25) is 0 Å². The second kappa shape index (κ2) is 12.7. The molecule has 0 aliphatic heterocycles. The van der Waals surface area contributed by atoms with Crippen molar-refractivity contribution in [2.75, 3.05) is 6.61 Å². The van der Waals surface area contributed by atoms with Gasteiger partial charge in [0.1, 0.15) is 0 Å². The number of aromatic amines is 1. The van der Waals surface area contributed by atoms with Gasteiger partial charge in [0.15, 0.2) is 0 Å². The molecular formula is C32H35N7O5. The van der Waals surface area contributed by atoms with Crippen molar-refractivity contribution in [2.45, 2.75) is 65.7 Å². The maximum atomic E-state index is 13.4. The van der Waals surface area contributed by atoms with Crippen molar-refractivity contribution in [1.29, 1.82) is 0 Å². The van der Waals surface area contributed by atoms with Gasteiger partial charge in [-0.05, 0) is 73.4 Å². The van der Waals surface area contributed by atoms with Crippen LogP contribution in [0.5, 0.6) is 6.01 Å². The lowest BCUT2D eigenvalue weighted by molar-refractivity contribution is -0.171. The molecule has 1 saturated carbocycles. The Balaban J connectivity index is 1.25. The third-order valence-corrected chi connectivity index (χ3v) is 7.80. The number of rotatable bonds is 10. The second-order valence-corrected chi connectivity index (χ2v) is 11.0. The summed E-state index contributed by atoms with van der Waals surface area (Å²) in [5.41, 5.74) is 5.28. The Bertz CT molecular complexity index is 1750. The van der Waals surface area contributed by atoms with E-state index in [-0.39, 0.29) is 11.9 Å². The minimum atomic E-state index is -1.02. The lowest BCUT2D eigenvalue weighted by Gasteiger charge is -2.22. The van der Waals surface area contributed by atoms with Crippen LogP contribution in [0.25, 0.3) is 28.2 Å². The van der Waals surface area contributed by atoms with Gasteiger partial charge in [0.2, 0.25) is 12.1 Å². The zero-order valence-corrected chi connectivity index (χ0v) is 25.0. The molecule has 0 spiro atoms. The molecule has 12 heteroatoms. The summed E-state index contributed by atoms with van der Waals surface area (Å²) in [7, 11) is 0. The number of ether oxygens (including phenoxy) is 3. The Morgan fingerprint density at radius 3 is 2.59 bits per heavy atom. The predicted octanol–water partition coefficient (Wildman–Crippen LogP) is 5.39. The van der Waals surface area contributed by atoms with Crippen molar-refractivity contribution in [3.8, 4) is 23.2 Å². The second-order valence-electron chi connectivity index (χ2n) is 11.0. The molecule has 0 amide bonds. The first kappa shape index (κ1) is 29.1. The molecule has 1 N–H and O–H groups in total. The summed E-state index contributed by atoms with van der Waals surface area (Å²) in [5.74, 6) is -0.543. The lowest BCUT2D eigenvalue weighted by atomic mass is 9.89. The van der Waals surface area contributed by atoms with Crippen molar-refractivity contribution in [3.63, 3.8) is 0 Å². The molecule has 1 fully saturated rings. The van der Waals surface area contributed by atoms with Crippen molar-refractivity contribution in [2.24, 2.45) is 5.92 Å². The first-order chi connectivity index (χ1) is 21.4. The highest BCUT2D eigenvalue weighted by Crippen LogP contribution is 2.29. The van der Waals surface area contributed by atoms with Gasteiger partial charge in [-0.15, -0.1) is 10.2 Å². The molecular weight excluding hydrogens is 562 g/mol. The minimum absolute atomic E-state index is 0.137. The largest absolute Gasteiger partial charge is 0.465 e. The highest BCUT2D eigenvalue weighted by Gasteiger charge is 2.27. The summed E-state index contributed by atoms with van der Waals surface area (Å²) < 4.78 is 20.9. The van der Waals surface area contributed by atoms with Gasteiger partial charge in [0, 0.05) is 18.8 Å². The van der Waals surface area contributed by atoms with E-state index in [0.29, 0.717) is 41.6 Å². The molecule has 1 atom stereocenters. The number of fused-ring (bicyclic) bond motifs is 1. The summed E-state index contributed by atoms with van der Waals surface area (Å²) in [4.78, 5) is 30.7. The van der Waals surface area contributed by atoms with Crippen LogP contribution in [-0.2, 0) is 20.8 Å². The van der Waals surface area contributed by atoms with Crippen molar-refractivity contribution in [1.82, 2.24) is 34.7 Å². The van der Waals surface area contributed by atoms with Crippen LogP contribution in [0.1, 0.15) is 67.4 Å². The van der Waals surface area contributed by atoms with Gasteiger partial charge >= 0.3 is 11.9 Å². The molecule has 1 aliphatic carbocycles. The fraction of sp³-hybridized carbons (Fsp3) is 0.375. The minimum Gasteiger partial charge on any atom is -0.465 e. The number of esters is 2. The van der Waals surface area contributed by atoms with Gasteiger partial charge in [-0.3, -0.25) is 9.36 Å². The third kappa shape index (κ3) is 6.05. The van der Waals surface area contributed by atoms with Crippen molar-refractivity contribution in [3.05, 3.63) is 71.4 Å². The maximum Gasteiger partial charge on any atom is 0.343 e. The molecule has 3 heterocycles. The highest BCUT2D eigenvalue weighted by molar-refractivity contribution is 6.02. The summed E-state index contributed by atoms with van der Waals surface area (Å²) in [6, 6.07) is 15.7. The molecule has 1 aliphatic rings. The lowest BCUT2D eigenvalue weighted by Crippen LogP contribution is -2.27. The van der Waals surface area contributed by atoms with E-state index in [1.165, 1.54) is 0 Å². The van der Waals surface area contributed by atoms with Crippen LogP contribution < -0.4 is 4.74 Å². The zero-order valence-electron chi connectivity index (χ0n) is 25.0. The topological polar surface area (TPSA) is 139 Å². The number of imidazole rings is 1. The number of carbonyl (C=O) groups excluding carboxylic acids is 2. The van der Waals surface area contributed by atoms with Crippen molar-refractivity contribution >= 4 is 23.0 Å². The van der Waals surface area contributed by atoms with Gasteiger partial charge in [-0.1, -0.05) is 37.5 Å². The van der Waals surface area contributed by atoms with Gasteiger partial charge < -0.3 is 18.8 Å². The summed E-state index contributed by atoms with van der Waals surface area (Å²) in [5, 5.41) is 14.5. The molecule has 0 radical (unpaired) electrons. The van der Waals surface area contributed by atoms with E-state index < -0.39 is 12.3 Å². The number of benzene rings is 2. The van der Waals surface area contributed by atoms with E-state index in [0.717, 1.165) is 54.6 Å². The number of carbonyl (C=O) groups is 2. The summed E-state index contributed by atoms with van der Waals surface area (Å²) in [6.07, 6.45) is 5.78. The molecule has 0 bridgehead atoms. The van der Waals surface area contributed by atoms with E-state index in [1.54, 1.807) is 19.1 Å². The quantitative estimate of drug-likeness (QED) is 0.166. The Kier molecular flexibility index (Phi) is 8.40. The van der Waals surface area contributed by atoms with Gasteiger partial charge in [0.25, 0.3) is 6.01 Å². The standard InChI is InChI=1S/C32H35N7O5/c1-4-42-32-33-26-12-8-11-25(31(41)44-21(3)43-30(40)23-9-6-5-7-10-23)28(26)39(32)19-22-13-15-24(16-14-22)38-18-20(2)17-27(38)29-34-36-37-35-29/h8,11-18,21,23H,4-7,9-10,19H2,1-3H3,(H,34,35,36,37). The Morgan fingerprint density at radius 1 is 1.07 bits per heavy atom. The first-order valence-corrected chi connectivity index (χ1v) is 15.0. The van der Waals surface area contributed by atoms with E-state index in [2.05, 4.69) is 25.6 Å². The SMILES string of the molecule is CCOc1nc2cccc(C(=O)OC(C)OC(=O)C3CCCCC3)c2n1Cc1ccc(-n2cc(C)cc2-c2nn[nH]n2)cc1. The number of hydrogen-bond acceptors (Lipinski definition) is 9. The Hall–Kier alpha value is -5.00. The average Bonchev–Trinajstić information content (AvgIpc) is 3.77. The fourth-order valence-corrected chi connectivity index (χ4v) is 5.75. The highest BCUT2D eigenvalue weighted by atomic mass is 16.7. The predicted molar refractivity (Wildman–Crippen MR) is 161 cm³/mol. The average molecular weight is 598 g/mol. The third-order valence-electron chi connectivity index (χ3n) is 7.80. The van der Waals surface area contributed by atoms with Crippen molar-refractivity contribution < 1.29 is 23.8 Å². The van der Waals surface area contributed by atoms with Gasteiger partial charge in [0.05, 0.1) is 41.4 Å². The van der Waals surface area contributed by atoms with E-state index >= 15 is 0 Å². The van der Waals surface area contributed by atoms with E-state index in [9.17, 15) is 9.59 Å². The molecule has 0 saturated heterocycles. The fourth-order valence-electron chi connectivity index (χ4n) is 5.75. The number of nitrogens with one attached hydrogen (secondary N) is 1. The smallest absolute Gasteiger partial charge is 0.343 e. The summed E-state index contributed by atoms with van der Waals surface area (Å²) >= 11 is 0. The normalized spacial score (nSPS) is 14.4. The Morgan fingerprint density at radius 2 is 1.86 bits per heavy atom. The molecule has 12 nitrogen and oxygen atoms in total. The molecule has 44 heavy (non-hydrogen) atoms. The van der Waals surface area contributed by atoms with Crippen LogP contribution in [0.4, 0.5) is 0 Å². The molecule has 5 aromatic rings. The maximum absolute atomic E-state index is 13.4. The monoisotopic (exact) mass is 597 g/mol. The van der Waals surface area contributed by atoms with E-state index in [1.807, 2.05) is 65.6 Å². The number of H-pyrrole nitrogens is 1. The molecule has 228 valence electrons. The van der Waals surface area contributed by atoms with Crippen LogP contribution in [0, 0.1) is 12.8 Å². The number of tetrazole rings is 1. The van der Waals surface area contributed by atoms with Crippen LogP contribution in [0.3, 0.4) is 0 Å². The molecule has 1 unspecified atom stereocenters.